The number of hydrogen-bond acceptors (Lipinski definition) is 5. The van der Waals surface area contributed by atoms with E-state index in [2.05, 4.69) is 15.2 Å². The van der Waals surface area contributed by atoms with Crippen molar-refractivity contribution in [2.45, 2.75) is 18.6 Å². The third-order valence-electron chi connectivity index (χ3n) is 4.22. The summed E-state index contributed by atoms with van der Waals surface area (Å²) in [7, 11) is 3.51. The number of aromatic nitrogens is 3. The van der Waals surface area contributed by atoms with E-state index in [9.17, 15) is 4.39 Å². The number of hydrogen-bond donors (Lipinski definition) is 0. The second-order valence-corrected chi connectivity index (χ2v) is 5.81. The van der Waals surface area contributed by atoms with Gasteiger partial charge in [0.05, 0.1) is 23.4 Å². The van der Waals surface area contributed by atoms with Crippen LogP contribution in [0.4, 0.5) is 4.39 Å². The van der Waals surface area contributed by atoms with Crippen molar-refractivity contribution in [1.82, 2.24) is 19.9 Å². The lowest BCUT2D eigenvalue weighted by Crippen LogP contribution is -2.23. The molecular weight excluding hydrogens is 297 g/mol. The van der Waals surface area contributed by atoms with Gasteiger partial charge in [0.1, 0.15) is 5.82 Å². The van der Waals surface area contributed by atoms with Crippen LogP contribution in [0.2, 0.25) is 0 Å². The van der Waals surface area contributed by atoms with Gasteiger partial charge in [-0.15, -0.1) is 5.10 Å². The molecule has 2 aromatic rings. The molecule has 1 fully saturated rings. The Morgan fingerprint density at radius 2 is 2.26 bits per heavy atom. The van der Waals surface area contributed by atoms with E-state index in [1.54, 1.807) is 23.9 Å². The van der Waals surface area contributed by atoms with E-state index in [1.165, 1.54) is 6.07 Å². The van der Waals surface area contributed by atoms with E-state index < -0.39 is 0 Å². The lowest BCUT2D eigenvalue weighted by atomic mass is 10.0. The van der Waals surface area contributed by atoms with Crippen molar-refractivity contribution < 1.29 is 9.13 Å². The van der Waals surface area contributed by atoms with Crippen molar-refractivity contribution in [3.63, 3.8) is 0 Å². The summed E-state index contributed by atoms with van der Waals surface area (Å²) in [6, 6.07) is 6.54. The average Bonchev–Trinajstić information content (AvgIpc) is 3.15. The molecule has 0 bridgehead atoms. The van der Waals surface area contributed by atoms with Crippen molar-refractivity contribution in [3.05, 3.63) is 47.0 Å². The van der Waals surface area contributed by atoms with Crippen LogP contribution in [0.15, 0.2) is 24.4 Å². The summed E-state index contributed by atoms with van der Waals surface area (Å²) in [5.41, 5.74) is 1.81. The van der Waals surface area contributed by atoms with Crippen LogP contribution in [0.1, 0.15) is 22.7 Å². The number of methoxy groups -OCH3 is 1. The summed E-state index contributed by atoms with van der Waals surface area (Å²) in [4.78, 5) is 2.14. The molecule has 23 heavy (non-hydrogen) atoms. The number of benzene rings is 1. The van der Waals surface area contributed by atoms with Gasteiger partial charge in [-0.3, -0.25) is 9.58 Å². The van der Waals surface area contributed by atoms with Gasteiger partial charge in [0, 0.05) is 51.5 Å². The van der Waals surface area contributed by atoms with Gasteiger partial charge in [-0.25, -0.2) is 4.39 Å². The maximum absolute atomic E-state index is 14.1. The first-order valence-corrected chi connectivity index (χ1v) is 7.40. The first-order valence-electron chi connectivity index (χ1n) is 7.40. The van der Waals surface area contributed by atoms with Crippen LogP contribution >= 0.6 is 0 Å². The summed E-state index contributed by atoms with van der Waals surface area (Å²) in [6.07, 6.45) is 1.90. The third kappa shape index (κ3) is 3.23. The molecule has 1 saturated heterocycles. The van der Waals surface area contributed by atoms with Crippen LogP contribution in [0.5, 0.6) is 0 Å². The number of likely N-dealkylation sites (tertiary alicyclic amines) is 1. The number of halogens is 1. The molecule has 7 heteroatoms. The van der Waals surface area contributed by atoms with Crippen molar-refractivity contribution in [2.24, 2.45) is 7.05 Å². The Labute approximate surface area is 134 Å². The standard InChI is InChI=1S/C16H18FN5O/c1-21-9-15(19-20-21)13-8-22(10-16(13)23-2)7-12-4-3-11(6-18)5-14(12)17/h3-5,9,13,16H,7-8,10H2,1-2H3/t13-,16+/m0/s1. The molecule has 120 valence electrons. The van der Waals surface area contributed by atoms with Gasteiger partial charge in [0.2, 0.25) is 0 Å². The Hall–Kier alpha value is -2.30. The molecule has 0 amide bonds. The number of nitriles is 1. The van der Waals surface area contributed by atoms with Gasteiger partial charge in [-0.05, 0) is 12.1 Å². The first kappa shape index (κ1) is 15.6. The van der Waals surface area contributed by atoms with Crippen LogP contribution < -0.4 is 0 Å². The van der Waals surface area contributed by atoms with Crippen molar-refractivity contribution >= 4 is 0 Å². The van der Waals surface area contributed by atoms with E-state index in [-0.39, 0.29) is 17.8 Å². The van der Waals surface area contributed by atoms with Crippen LogP contribution in [0.3, 0.4) is 0 Å². The number of aryl methyl sites for hydroxylation is 1. The Balaban J connectivity index is 1.74. The minimum atomic E-state index is -0.346. The molecule has 3 rings (SSSR count). The Kier molecular flexibility index (Phi) is 4.37. The van der Waals surface area contributed by atoms with Gasteiger partial charge < -0.3 is 4.74 Å². The molecule has 1 aliphatic rings. The topological polar surface area (TPSA) is 67.0 Å². The molecule has 0 N–H and O–H groups in total. The summed E-state index contributed by atoms with van der Waals surface area (Å²) < 4.78 is 21.3. The average molecular weight is 315 g/mol. The van der Waals surface area contributed by atoms with Crippen molar-refractivity contribution in [2.75, 3.05) is 20.2 Å². The number of ether oxygens (including phenoxy) is 1. The normalized spacial score (nSPS) is 21.5. The monoisotopic (exact) mass is 315 g/mol. The fourth-order valence-electron chi connectivity index (χ4n) is 3.03. The van der Waals surface area contributed by atoms with Gasteiger partial charge in [-0.1, -0.05) is 11.3 Å². The molecule has 1 aromatic heterocycles. The molecule has 0 spiro atoms. The molecule has 0 aliphatic carbocycles. The van der Waals surface area contributed by atoms with Gasteiger partial charge in [0.25, 0.3) is 0 Å². The Morgan fingerprint density at radius 1 is 1.43 bits per heavy atom. The second kappa shape index (κ2) is 6.44. The van der Waals surface area contributed by atoms with E-state index in [0.717, 1.165) is 12.2 Å². The molecule has 1 aliphatic heterocycles. The molecule has 0 unspecified atom stereocenters. The Morgan fingerprint density at radius 3 is 2.87 bits per heavy atom. The minimum Gasteiger partial charge on any atom is -0.379 e. The number of rotatable bonds is 4. The number of nitrogens with zero attached hydrogens (tertiary/aromatic N) is 5. The molecule has 1 aromatic carbocycles. The predicted molar refractivity (Wildman–Crippen MR) is 80.9 cm³/mol. The van der Waals surface area contributed by atoms with E-state index in [4.69, 9.17) is 10.00 Å². The zero-order valence-corrected chi connectivity index (χ0v) is 13.1. The highest BCUT2D eigenvalue weighted by Crippen LogP contribution is 2.29. The highest BCUT2D eigenvalue weighted by molar-refractivity contribution is 5.33. The molecule has 0 saturated carbocycles. The minimum absolute atomic E-state index is 0.00754. The zero-order valence-electron chi connectivity index (χ0n) is 13.1. The fourth-order valence-corrected chi connectivity index (χ4v) is 3.03. The van der Waals surface area contributed by atoms with E-state index in [0.29, 0.717) is 24.2 Å². The largest absolute Gasteiger partial charge is 0.379 e. The highest BCUT2D eigenvalue weighted by Gasteiger charge is 2.35. The van der Waals surface area contributed by atoms with Crippen LogP contribution in [-0.2, 0) is 18.3 Å². The maximum atomic E-state index is 14.1. The molecule has 0 radical (unpaired) electrons. The molecule has 2 atom stereocenters. The molecular formula is C16H18FN5O. The quantitative estimate of drug-likeness (QED) is 0.854. The van der Waals surface area contributed by atoms with Gasteiger partial charge >= 0.3 is 0 Å². The fraction of sp³-hybridized carbons (Fsp3) is 0.438. The molecule has 6 nitrogen and oxygen atoms in total. The lowest BCUT2D eigenvalue weighted by molar-refractivity contribution is 0.0956. The van der Waals surface area contributed by atoms with Crippen molar-refractivity contribution in [3.8, 4) is 6.07 Å². The maximum Gasteiger partial charge on any atom is 0.129 e. The summed E-state index contributed by atoms with van der Waals surface area (Å²) in [5, 5.41) is 17.0. The Bertz CT molecular complexity index is 738. The lowest BCUT2D eigenvalue weighted by Gasteiger charge is -2.15. The highest BCUT2D eigenvalue weighted by atomic mass is 19.1. The third-order valence-corrected chi connectivity index (χ3v) is 4.22. The van der Waals surface area contributed by atoms with Crippen LogP contribution in [0, 0.1) is 17.1 Å². The van der Waals surface area contributed by atoms with Crippen LogP contribution in [0.25, 0.3) is 0 Å². The van der Waals surface area contributed by atoms with E-state index in [1.807, 2.05) is 19.3 Å². The smallest absolute Gasteiger partial charge is 0.129 e. The van der Waals surface area contributed by atoms with Crippen LogP contribution in [-0.4, -0.2) is 46.2 Å². The first-order chi connectivity index (χ1) is 11.1. The van der Waals surface area contributed by atoms with Crippen molar-refractivity contribution in [1.29, 1.82) is 5.26 Å². The van der Waals surface area contributed by atoms with Gasteiger partial charge in [-0.2, -0.15) is 5.26 Å². The molecule has 2 heterocycles. The van der Waals surface area contributed by atoms with Gasteiger partial charge in [0.15, 0.2) is 0 Å². The SMILES string of the molecule is CO[C@@H]1CN(Cc2ccc(C#N)cc2F)C[C@H]1c1cn(C)nn1. The summed E-state index contributed by atoms with van der Waals surface area (Å²) in [5.74, 6) is -0.226. The summed E-state index contributed by atoms with van der Waals surface area (Å²) in [6.45, 7) is 1.92. The predicted octanol–water partition coefficient (Wildman–Crippen LogP) is 1.44. The van der Waals surface area contributed by atoms with E-state index >= 15 is 0 Å². The second-order valence-electron chi connectivity index (χ2n) is 5.81. The zero-order chi connectivity index (χ0) is 16.4. The summed E-state index contributed by atoms with van der Waals surface area (Å²) >= 11 is 0.